The third-order valence-corrected chi connectivity index (χ3v) is 3.75. The summed E-state index contributed by atoms with van der Waals surface area (Å²) in [6.07, 6.45) is 0. The van der Waals surface area contributed by atoms with Crippen molar-refractivity contribution in [2.75, 3.05) is 5.73 Å². The molecule has 17 heavy (non-hydrogen) atoms. The molecule has 0 radical (unpaired) electrons. The first kappa shape index (κ1) is 10.4. The van der Waals surface area contributed by atoms with E-state index >= 15 is 0 Å². The summed E-state index contributed by atoms with van der Waals surface area (Å²) in [6, 6.07) is 8.11. The second-order valence-corrected chi connectivity index (χ2v) is 5.11. The summed E-state index contributed by atoms with van der Waals surface area (Å²) in [4.78, 5) is 4.46. The highest BCUT2D eigenvalue weighted by atomic mass is 32.1. The zero-order chi connectivity index (χ0) is 12.0. The zero-order valence-electron chi connectivity index (χ0n) is 9.65. The molecule has 3 nitrogen and oxygen atoms in total. The molecule has 0 fully saturated rings. The molecule has 0 saturated carbocycles. The molecule has 0 unspecified atom stereocenters. The van der Waals surface area contributed by atoms with Crippen LogP contribution in [0, 0.1) is 13.8 Å². The van der Waals surface area contributed by atoms with Crippen LogP contribution in [0.5, 0.6) is 0 Å². The summed E-state index contributed by atoms with van der Waals surface area (Å²) in [6.45, 7) is 3.88. The fourth-order valence-electron chi connectivity index (χ4n) is 1.84. The van der Waals surface area contributed by atoms with Gasteiger partial charge < -0.3 is 10.2 Å². The van der Waals surface area contributed by atoms with Crippen molar-refractivity contribution in [3.63, 3.8) is 0 Å². The van der Waals surface area contributed by atoms with Crippen LogP contribution in [0.15, 0.2) is 28.7 Å². The van der Waals surface area contributed by atoms with Gasteiger partial charge in [-0.2, -0.15) is 0 Å². The van der Waals surface area contributed by atoms with Crippen molar-refractivity contribution >= 4 is 27.3 Å². The summed E-state index contributed by atoms with van der Waals surface area (Å²) < 4.78 is 5.55. The number of thiazole rings is 1. The molecule has 86 valence electrons. The second kappa shape index (κ2) is 3.60. The molecule has 0 aliphatic rings. The van der Waals surface area contributed by atoms with Gasteiger partial charge in [-0.05, 0) is 38.1 Å². The van der Waals surface area contributed by atoms with Crippen LogP contribution in [0.1, 0.15) is 11.5 Å². The van der Waals surface area contributed by atoms with Crippen molar-refractivity contribution in [2.45, 2.75) is 13.8 Å². The minimum Gasteiger partial charge on any atom is -0.461 e. The molecular weight excluding hydrogens is 232 g/mol. The maximum absolute atomic E-state index is 5.83. The smallest absolute Gasteiger partial charge is 0.134 e. The van der Waals surface area contributed by atoms with Gasteiger partial charge in [-0.1, -0.05) is 11.3 Å². The third-order valence-electron chi connectivity index (χ3n) is 2.72. The van der Waals surface area contributed by atoms with Crippen molar-refractivity contribution in [2.24, 2.45) is 0 Å². The summed E-state index contributed by atoms with van der Waals surface area (Å²) in [5, 5.41) is 2.84. The number of rotatable bonds is 1. The summed E-state index contributed by atoms with van der Waals surface area (Å²) in [7, 11) is 0. The first-order valence-electron chi connectivity index (χ1n) is 5.37. The number of furan rings is 1. The lowest BCUT2D eigenvalue weighted by Gasteiger charge is -1.95. The molecule has 3 aromatic rings. The first-order valence-corrected chi connectivity index (χ1v) is 6.18. The average Bonchev–Trinajstić information content (AvgIpc) is 2.80. The van der Waals surface area contributed by atoms with Gasteiger partial charge in [-0.3, -0.25) is 0 Å². The minimum atomic E-state index is 0.781. The topological polar surface area (TPSA) is 52.0 Å². The molecule has 3 rings (SSSR count). The third kappa shape index (κ3) is 1.70. The van der Waals surface area contributed by atoms with E-state index in [1.165, 1.54) is 11.3 Å². The Morgan fingerprint density at radius 3 is 2.76 bits per heavy atom. The maximum Gasteiger partial charge on any atom is 0.134 e. The van der Waals surface area contributed by atoms with Crippen molar-refractivity contribution in [1.29, 1.82) is 0 Å². The number of nitrogens with two attached hydrogens (primary N) is 1. The molecule has 1 aromatic carbocycles. The fraction of sp³-hybridized carbons (Fsp3) is 0.154. The first-order chi connectivity index (χ1) is 8.13. The number of nitrogens with zero attached hydrogens (tertiary/aromatic N) is 1. The van der Waals surface area contributed by atoms with E-state index < -0.39 is 0 Å². The Morgan fingerprint density at radius 2 is 2.06 bits per heavy atom. The highest BCUT2D eigenvalue weighted by Crippen LogP contribution is 2.32. The van der Waals surface area contributed by atoms with Gasteiger partial charge in [0.2, 0.25) is 0 Å². The number of aryl methyl sites for hydroxylation is 2. The molecule has 0 amide bonds. The van der Waals surface area contributed by atoms with Gasteiger partial charge in [0.05, 0.1) is 5.69 Å². The molecule has 0 aliphatic carbocycles. The van der Waals surface area contributed by atoms with Crippen molar-refractivity contribution in [3.05, 3.63) is 35.7 Å². The van der Waals surface area contributed by atoms with Crippen LogP contribution in [-0.2, 0) is 0 Å². The molecule has 2 N–H and O–H groups in total. The molecule has 2 aromatic heterocycles. The van der Waals surface area contributed by atoms with Gasteiger partial charge in [0.25, 0.3) is 0 Å². The van der Waals surface area contributed by atoms with Crippen LogP contribution in [-0.4, -0.2) is 4.98 Å². The Bertz CT molecular complexity index is 677. The van der Waals surface area contributed by atoms with Crippen LogP contribution >= 0.6 is 11.3 Å². The molecule has 0 atom stereocenters. The highest BCUT2D eigenvalue weighted by Gasteiger charge is 2.08. The number of hydrogen-bond acceptors (Lipinski definition) is 4. The number of nitrogen functional groups attached to an aromatic ring is 1. The van der Waals surface area contributed by atoms with E-state index in [1.807, 2.05) is 32.0 Å². The Kier molecular flexibility index (Phi) is 2.19. The normalized spacial score (nSPS) is 11.2. The molecule has 2 heterocycles. The number of anilines is 1. The van der Waals surface area contributed by atoms with E-state index in [0.29, 0.717) is 0 Å². The van der Waals surface area contributed by atoms with E-state index in [2.05, 4.69) is 11.1 Å². The SMILES string of the molecule is Cc1cc2cc(-c3nc(C)c(N)s3)ccc2o1. The Labute approximate surface area is 103 Å². The number of aromatic nitrogens is 1. The fourth-order valence-corrected chi connectivity index (χ4v) is 2.67. The maximum atomic E-state index is 5.83. The quantitative estimate of drug-likeness (QED) is 0.709. The second-order valence-electron chi connectivity index (χ2n) is 4.08. The highest BCUT2D eigenvalue weighted by molar-refractivity contribution is 7.18. The Balaban J connectivity index is 2.16. The predicted octanol–water partition coefficient (Wildman–Crippen LogP) is 3.76. The van der Waals surface area contributed by atoms with Crippen molar-refractivity contribution < 1.29 is 4.42 Å². The monoisotopic (exact) mass is 244 g/mol. The van der Waals surface area contributed by atoms with Gasteiger partial charge in [0, 0.05) is 10.9 Å². The number of benzene rings is 1. The van der Waals surface area contributed by atoms with Gasteiger partial charge in [0.15, 0.2) is 0 Å². The van der Waals surface area contributed by atoms with Gasteiger partial charge >= 0.3 is 0 Å². The van der Waals surface area contributed by atoms with Crippen LogP contribution < -0.4 is 5.73 Å². The van der Waals surface area contributed by atoms with Crippen molar-refractivity contribution in [1.82, 2.24) is 4.98 Å². The van der Waals surface area contributed by atoms with Crippen LogP contribution in [0.2, 0.25) is 0 Å². The lowest BCUT2D eigenvalue weighted by atomic mass is 10.1. The molecular formula is C13H12N2OS. The van der Waals surface area contributed by atoms with E-state index in [-0.39, 0.29) is 0 Å². The molecule has 0 bridgehead atoms. The zero-order valence-corrected chi connectivity index (χ0v) is 10.5. The van der Waals surface area contributed by atoms with Crippen molar-refractivity contribution in [3.8, 4) is 10.6 Å². The Hall–Kier alpha value is -1.81. The van der Waals surface area contributed by atoms with Gasteiger partial charge in [-0.15, -0.1) is 0 Å². The number of hydrogen-bond donors (Lipinski definition) is 1. The van der Waals surface area contributed by atoms with Crippen LogP contribution in [0.4, 0.5) is 5.00 Å². The van der Waals surface area contributed by atoms with E-state index in [1.54, 1.807) is 0 Å². The average molecular weight is 244 g/mol. The van der Waals surface area contributed by atoms with Crippen LogP contribution in [0.3, 0.4) is 0 Å². The van der Waals surface area contributed by atoms with Crippen LogP contribution in [0.25, 0.3) is 21.5 Å². The summed E-state index contributed by atoms with van der Waals surface area (Å²) >= 11 is 1.52. The van der Waals surface area contributed by atoms with E-state index in [9.17, 15) is 0 Å². The van der Waals surface area contributed by atoms with Gasteiger partial charge in [0.1, 0.15) is 21.4 Å². The minimum absolute atomic E-state index is 0.781. The Morgan fingerprint density at radius 1 is 1.24 bits per heavy atom. The number of fused-ring (bicyclic) bond motifs is 1. The molecule has 0 saturated heterocycles. The van der Waals surface area contributed by atoms with E-state index in [0.717, 1.165) is 38.0 Å². The standard InChI is InChI=1S/C13H12N2OS/c1-7-5-10-6-9(3-4-11(10)16-7)13-15-8(2)12(14)17-13/h3-6H,14H2,1-2H3. The predicted molar refractivity (Wildman–Crippen MR) is 71.2 cm³/mol. The molecule has 0 spiro atoms. The lowest BCUT2D eigenvalue weighted by molar-refractivity contribution is 0.578. The lowest BCUT2D eigenvalue weighted by Crippen LogP contribution is -1.81. The van der Waals surface area contributed by atoms with E-state index in [4.69, 9.17) is 10.2 Å². The largest absolute Gasteiger partial charge is 0.461 e. The molecule has 0 aliphatic heterocycles. The van der Waals surface area contributed by atoms with Gasteiger partial charge in [-0.25, -0.2) is 4.98 Å². The molecule has 4 heteroatoms. The summed E-state index contributed by atoms with van der Waals surface area (Å²) in [5.74, 6) is 0.923. The summed E-state index contributed by atoms with van der Waals surface area (Å²) in [5.41, 5.74) is 8.72.